The fraction of sp³-hybridized carbons (Fsp3) is 0.364. The van der Waals surface area contributed by atoms with Gasteiger partial charge >= 0.3 is 0 Å². The average Bonchev–Trinajstić information content (AvgIpc) is 3.41. The van der Waals surface area contributed by atoms with E-state index in [4.69, 9.17) is 10.5 Å². The first-order valence-corrected chi connectivity index (χ1v) is 9.89. The molecule has 160 valence electrons. The number of nitrogens with zero attached hydrogens (tertiary/aromatic N) is 2. The van der Waals surface area contributed by atoms with E-state index >= 15 is 0 Å². The minimum Gasteiger partial charge on any atom is -0.487 e. The molecule has 2 fully saturated rings. The number of amides is 1. The van der Waals surface area contributed by atoms with Crippen LogP contribution in [0, 0.1) is 17.8 Å². The van der Waals surface area contributed by atoms with E-state index in [0.717, 1.165) is 35.6 Å². The number of nitrogens with one attached hydrogen (secondary N) is 1. The van der Waals surface area contributed by atoms with Gasteiger partial charge in [0, 0.05) is 24.1 Å². The van der Waals surface area contributed by atoms with Crippen molar-refractivity contribution >= 4 is 42.1 Å². The smallest absolute Gasteiger partial charge is 0.229 e. The lowest BCUT2D eigenvalue weighted by Crippen LogP contribution is -2.42. The second-order valence-corrected chi connectivity index (χ2v) is 7.94. The topological polar surface area (TPSA) is 81.7 Å². The number of aromatic nitrogens is 2. The summed E-state index contributed by atoms with van der Waals surface area (Å²) in [6.07, 6.45) is 7.34. The molecule has 5 rings (SSSR count). The number of benzene rings is 1. The SMILES string of the molecule is Cl.Cl.NC1C2CCC(C2)C1C(=O)Nc1ccc(OCc2cn3ccccc3n2)cc1. The van der Waals surface area contributed by atoms with Crippen molar-refractivity contribution < 1.29 is 9.53 Å². The van der Waals surface area contributed by atoms with Gasteiger partial charge in [0.15, 0.2) is 0 Å². The molecular weight excluding hydrogens is 423 g/mol. The molecule has 8 heteroatoms. The Morgan fingerprint density at radius 1 is 1.13 bits per heavy atom. The molecule has 2 aliphatic rings. The van der Waals surface area contributed by atoms with Crippen molar-refractivity contribution in [1.82, 2.24) is 9.38 Å². The van der Waals surface area contributed by atoms with Gasteiger partial charge in [-0.2, -0.15) is 0 Å². The van der Waals surface area contributed by atoms with E-state index in [2.05, 4.69) is 10.3 Å². The van der Waals surface area contributed by atoms with Crippen LogP contribution in [0.4, 0.5) is 5.69 Å². The van der Waals surface area contributed by atoms with Crippen LogP contribution in [0.15, 0.2) is 54.9 Å². The lowest BCUT2D eigenvalue weighted by Gasteiger charge is -2.27. The highest BCUT2D eigenvalue weighted by atomic mass is 35.5. The second-order valence-electron chi connectivity index (χ2n) is 7.94. The molecule has 3 N–H and O–H groups in total. The predicted molar refractivity (Wildman–Crippen MR) is 121 cm³/mol. The second kappa shape index (κ2) is 9.25. The summed E-state index contributed by atoms with van der Waals surface area (Å²) in [5.74, 6) is 1.72. The van der Waals surface area contributed by atoms with Crippen LogP contribution in [0.2, 0.25) is 0 Å². The van der Waals surface area contributed by atoms with Crippen LogP contribution in [0.3, 0.4) is 0 Å². The molecular formula is C22H26Cl2N4O2. The minimum atomic E-state index is -0.0512. The van der Waals surface area contributed by atoms with Crippen LogP contribution in [-0.4, -0.2) is 21.3 Å². The minimum absolute atomic E-state index is 0. The summed E-state index contributed by atoms with van der Waals surface area (Å²) in [5.41, 5.74) is 8.83. The maximum atomic E-state index is 12.7. The molecule has 4 unspecified atom stereocenters. The molecule has 30 heavy (non-hydrogen) atoms. The number of ether oxygens (including phenoxy) is 1. The summed E-state index contributed by atoms with van der Waals surface area (Å²) in [7, 11) is 0. The molecule has 2 saturated carbocycles. The lowest BCUT2D eigenvalue weighted by molar-refractivity contribution is -0.121. The van der Waals surface area contributed by atoms with Gasteiger partial charge in [0.25, 0.3) is 0 Å². The number of imidazole rings is 1. The Morgan fingerprint density at radius 3 is 2.60 bits per heavy atom. The Bertz CT molecular complexity index is 973. The number of carbonyl (C=O) groups excluding carboxylic acids is 1. The standard InChI is InChI=1S/C22H24N4O2.2ClH/c23-21-15-5-4-14(11-15)20(21)22(27)25-16-6-8-18(9-7-16)28-13-17-12-26-10-2-1-3-19(26)24-17;;/h1-3,6-10,12,14-15,20-21H,4-5,11,13,23H2,(H,25,27);2*1H. The molecule has 4 atom stereocenters. The molecule has 0 radical (unpaired) electrons. The highest BCUT2D eigenvalue weighted by Gasteiger charge is 2.49. The molecule has 2 bridgehead atoms. The van der Waals surface area contributed by atoms with E-state index in [0.29, 0.717) is 18.4 Å². The first-order chi connectivity index (χ1) is 13.7. The number of nitrogens with two attached hydrogens (primary N) is 1. The van der Waals surface area contributed by atoms with Crippen LogP contribution in [0.25, 0.3) is 5.65 Å². The largest absolute Gasteiger partial charge is 0.487 e. The monoisotopic (exact) mass is 448 g/mol. The van der Waals surface area contributed by atoms with Crippen molar-refractivity contribution in [1.29, 1.82) is 0 Å². The summed E-state index contributed by atoms with van der Waals surface area (Å²) in [4.78, 5) is 17.2. The number of fused-ring (bicyclic) bond motifs is 3. The van der Waals surface area contributed by atoms with Gasteiger partial charge in [0.1, 0.15) is 18.0 Å². The Hall–Kier alpha value is -2.28. The number of anilines is 1. The summed E-state index contributed by atoms with van der Waals surface area (Å²) in [6.45, 7) is 0.396. The fourth-order valence-corrected chi connectivity index (χ4v) is 4.80. The van der Waals surface area contributed by atoms with Gasteiger partial charge in [0.05, 0.1) is 11.6 Å². The van der Waals surface area contributed by atoms with Crippen molar-refractivity contribution in [2.45, 2.75) is 31.9 Å². The zero-order valence-corrected chi connectivity index (χ0v) is 18.1. The number of carbonyl (C=O) groups is 1. The summed E-state index contributed by atoms with van der Waals surface area (Å²) in [6, 6.07) is 13.4. The number of halogens is 2. The molecule has 1 aromatic carbocycles. The third-order valence-electron chi connectivity index (χ3n) is 6.21. The first-order valence-electron chi connectivity index (χ1n) is 9.89. The van der Waals surface area contributed by atoms with Crippen molar-refractivity contribution in [2.75, 3.05) is 5.32 Å². The third kappa shape index (κ3) is 4.26. The molecule has 1 amide bonds. The maximum Gasteiger partial charge on any atom is 0.229 e. The maximum absolute atomic E-state index is 12.7. The summed E-state index contributed by atoms with van der Waals surface area (Å²) >= 11 is 0. The molecule has 0 spiro atoms. The van der Waals surface area contributed by atoms with Crippen molar-refractivity contribution in [3.63, 3.8) is 0 Å². The van der Waals surface area contributed by atoms with E-state index in [1.54, 1.807) is 0 Å². The van der Waals surface area contributed by atoms with Crippen LogP contribution in [-0.2, 0) is 11.4 Å². The Morgan fingerprint density at radius 2 is 1.90 bits per heavy atom. The number of hydrogen-bond acceptors (Lipinski definition) is 4. The number of rotatable bonds is 5. The van der Waals surface area contributed by atoms with E-state index < -0.39 is 0 Å². The first kappa shape index (κ1) is 22.4. The van der Waals surface area contributed by atoms with E-state index in [9.17, 15) is 4.79 Å². The van der Waals surface area contributed by atoms with E-state index in [1.165, 1.54) is 6.42 Å². The van der Waals surface area contributed by atoms with Crippen LogP contribution in [0.1, 0.15) is 25.0 Å². The number of hydrogen-bond donors (Lipinski definition) is 2. The van der Waals surface area contributed by atoms with Crippen LogP contribution < -0.4 is 15.8 Å². The molecule has 2 aliphatic carbocycles. The van der Waals surface area contributed by atoms with Gasteiger partial charge in [-0.1, -0.05) is 6.07 Å². The lowest BCUT2D eigenvalue weighted by atomic mass is 9.84. The molecule has 2 aromatic heterocycles. The predicted octanol–water partition coefficient (Wildman–Crippen LogP) is 4.07. The van der Waals surface area contributed by atoms with Gasteiger partial charge in [-0.25, -0.2) is 4.98 Å². The molecule has 2 heterocycles. The Kier molecular flexibility index (Phi) is 6.91. The van der Waals surface area contributed by atoms with Crippen molar-refractivity contribution in [2.24, 2.45) is 23.5 Å². The quantitative estimate of drug-likeness (QED) is 0.616. The van der Waals surface area contributed by atoms with Gasteiger partial charge in [-0.15, -0.1) is 24.8 Å². The van der Waals surface area contributed by atoms with Crippen molar-refractivity contribution in [3.8, 4) is 5.75 Å². The number of pyridine rings is 1. The third-order valence-corrected chi connectivity index (χ3v) is 6.21. The van der Waals surface area contributed by atoms with Gasteiger partial charge < -0.3 is 20.2 Å². The van der Waals surface area contributed by atoms with E-state index in [1.807, 2.05) is 59.3 Å². The summed E-state index contributed by atoms with van der Waals surface area (Å²) in [5, 5.41) is 3.03. The van der Waals surface area contributed by atoms with Crippen LogP contribution >= 0.6 is 24.8 Å². The van der Waals surface area contributed by atoms with Gasteiger partial charge in [0.2, 0.25) is 5.91 Å². The van der Waals surface area contributed by atoms with Gasteiger partial charge in [-0.3, -0.25) is 4.79 Å². The molecule has 3 aromatic rings. The molecule has 0 aliphatic heterocycles. The van der Waals surface area contributed by atoms with Crippen LogP contribution in [0.5, 0.6) is 5.75 Å². The zero-order chi connectivity index (χ0) is 19.1. The summed E-state index contributed by atoms with van der Waals surface area (Å²) < 4.78 is 7.80. The average molecular weight is 449 g/mol. The van der Waals surface area contributed by atoms with Crippen molar-refractivity contribution in [3.05, 3.63) is 60.6 Å². The zero-order valence-electron chi connectivity index (χ0n) is 16.4. The Balaban J connectivity index is 0.00000128. The molecule has 0 saturated heterocycles. The molecule has 6 nitrogen and oxygen atoms in total. The normalized spacial score (nSPS) is 24.2. The van der Waals surface area contributed by atoms with E-state index in [-0.39, 0.29) is 42.7 Å². The Labute approximate surface area is 188 Å². The van der Waals surface area contributed by atoms with Gasteiger partial charge in [-0.05, 0) is 67.5 Å². The highest BCUT2D eigenvalue weighted by Crippen LogP contribution is 2.47. The highest BCUT2D eigenvalue weighted by molar-refractivity contribution is 5.93. The fourth-order valence-electron chi connectivity index (χ4n) is 4.80.